The van der Waals surface area contributed by atoms with Crippen LogP contribution in [0.4, 0.5) is 22.7 Å². The monoisotopic (exact) mass is 474 g/mol. The maximum absolute atomic E-state index is 13.1. The van der Waals surface area contributed by atoms with Crippen LogP contribution in [0.1, 0.15) is 0 Å². The van der Waals surface area contributed by atoms with Gasteiger partial charge in [0.15, 0.2) is 0 Å². The van der Waals surface area contributed by atoms with Gasteiger partial charge < -0.3 is 22.1 Å². The fourth-order valence-electron chi connectivity index (χ4n) is 4.40. The van der Waals surface area contributed by atoms with Crippen molar-refractivity contribution < 1.29 is 9.59 Å². The van der Waals surface area contributed by atoms with Crippen molar-refractivity contribution in [1.29, 1.82) is 0 Å². The fourth-order valence-corrected chi connectivity index (χ4v) is 4.40. The highest BCUT2D eigenvalue weighted by molar-refractivity contribution is 6.45. The molecule has 0 aliphatic carbocycles. The molecule has 10 heteroatoms. The Kier molecular flexibility index (Phi) is 4.78. The van der Waals surface area contributed by atoms with Crippen molar-refractivity contribution in [2.45, 2.75) is 0 Å². The van der Waals surface area contributed by atoms with E-state index in [1.807, 2.05) is 24.3 Å². The largest absolute Gasteiger partial charge is 0.395 e. The molecule has 4 aromatic heterocycles. The van der Waals surface area contributed by atoms with Crippen LogP contribution in [0.3, 0.4) is 0 Å². The third-order valence-corrected chi connectivity index (χ3v) is 6.02. The van der Waals surface area contributed by atoms with Crippen molar-refractivity contribution in [2.75, 3.05) is 22.1 Å². The molecule has 0 bridgehead atoms. The van der Waals surface area contributed by atoms with Crippen LogP contribution in [0.15, 0.2) is 73.3 Å². The second-order valence-electron chi connectivity index (χ2n) is 8.08. The van der Waals surface area contributed by atoms with Gasteiger partial charge in [0.2, 0.25) is 0 Å². The minimum Gasteiger partial charge on any atom is -0.395 e. The van der Waals surface area contributed by atoms with E-state index in [1.54, 1.807) is 49.1 Å². The number of carbonyl (C=O) groups is 2. The van der Waals surface area contributed by atoms with Gasteiger partial charge in [-0.05, 0) is 24.3 Å². The highest BCUT2D eigenvalue weighted by Gasteiger charge is 2.23. The van der Waals surface area contributed by atoms with Gasteiger partial charge in [0.1, 0.15) is 0 Å². The maximum atomic E-state index is 13.1. The molecule has 0 fully saturated rings. The van der Waals surface area contributed by atoms with Crippen molar-refractivity contribution in [2.24, 2.45) is 0 Å². The van der Waals surface area contributed by atoms with Gasteiger partial charge in [-0.1, -0.05) is 24.3 Å². The molecule has 174 valence electrons. The lowest BCUT2D eigenvalue weighted by Gasteiger charge is -2.15. The summed E-state index contributed by atoms with van der Waals surface area (Å²) in [5.74, 6) is -1.90. The smallest absolute Gasteiger partial charge is 0.314 e. The van der Waals surface area contributed by atoms with Gasteiger partial charge in [0, 0.05) is 46.3 Å². The summed E-state index contributed by atoms with van der Waals surface area (Å²) in [5.41, 5.74) is 15.4. The Morgan fingerprint density at radius 3 is 1.19 bits per heavy atom. The zero-order valence-electron chi connectivity index (χ0n) is 18.7. The highest BCUT2D eigenvalue weighted by Crippen LogP contribution is 2.37. The van der Waals surface area contributed by atoms with Crippen LogP contribution in [-0.2, 0) is 9.59 Å². The topological polar surface area (TPSA) is 162 Å². The first-order valence-corrected chi connectivity index (χ1v) is 11.0. The van der Waals surface area contributed by atoms with E-state index in [4.69, 9.17) is 11.5 Å². The number of hydrogen-bond donors (Lipinski definition) is 4. The van der Waals surface area contributed by atoms with Gasteiger partial charge in [-0.15, -0.1) is 0 Å². The molecule has 0 aliphatic rings. The number of benzene rings is 2. The Morgan fingerprint density at radius 2 is 0.833 bits per heavy atom. The molecule has 36 heavy (non-hydrogen) atoms. The number of nitrogens with zero attached hydrogens (tertiary/aromatic N) is 4. The van der Waals surface area contributed by atoms with Crippen LogP contribution in [0.2, 0.25) is 0 Å². The number of fused-ring (bicyclic) bond motifs is 6. The van der Waals surface area contributed by atoms with Crippen LogP contribution in [0.25, 0.3) is 43.6 Å². The molecule has 0 radical (unpaired) electrons. The predicted molar refractivity (Wildman–Crippen MR) is 140 cm³/mol. The summed E-state index contributed by atoms with van der Waals surface area (Å²) in [6.45, 7) is 0. The number of pyridine rings is 4. The van der Waals surface area contributed by atoms with E-state index in [-0.39, 0.29) is 22.7 Å². The van der Waals surface area contributed by atoms with Crippen LogP contribution < -0.4 is 22.1 Å². The third-order valence-electron chi connectivity index (χ3n) is 6.02. The van der Waals surface area contributed by atoms with Crippen LogP contribution >= 0.6 is 0 Å². The summed E-state index contributed by atoms with van der Waals surface area (Å²) in [6.07, 6.45) is 6.38. The van der Waals surface area contributed by atoms with Crippen molar-refractivity contribution >= 4 is 78.2 Å². The SMILES string of the molecule is Nc1c(NC(=O)C(=O)Nc2c(N)c3ncccc3c3cccnc23)c2ncccc2c2cccnc12. The third kappa shape index (κ3) is 3.20. The molecule has 0 unspecified atom stereocenters. The van der Waals surface area contributed by atoms with E-state index in [0.717, 1.165) is 21.5 Å². The summed E-state index contributed by atoms with van der Waals surface area (Å²) in [5, 5.41) is 8.29. The highest BCUT2D eigenvalue weighted by atomic mass is 16.2. The molecule has 0 saturated heterocycles. The lowest BCUT2D eigenvalue weighted by Crippen LogP contribution is -2.30. The summed E-state index contributed by atoms with van der Waals surface area (Å²) in [4.78, 5) is 43.6. The van der Waals surface area contributed by atoms with Gasteiger partial charge in [0.25, 0.3) is 0 Å². The number of nitrogens with two attached hydrogens (primary N) is 2. The van der Waals surface area contributed by atoms with E-state index in [1.165, 1.54) is 0 Å². The minimum atomic E-state index is -0.950. The number of aromatic nitrogens is 4. The van der Waals surface area contributed by atoms with Crippen molar-refractivity contribution in [3.63, 3.8) is 0 Å². The molecule has 0 atom stereocenters. The quantitative estimate of drug-likeness (QED) is 0.128. The molecule has 2 amide bonds. The normalized spacial score (nSPS) is 11.2. The molecule has 10 nitrogen and oxygen atoms in total. The number of carbonyl (C=O) groups excluding carboxylic acids is 2. The average Bonchev–Trinajstić information content (AvgIpc) is 2.93. The van der Waals surface area contributed by atoms with Crippen LogP contribution in [-0.4, -0.2) is 31.8 Å². The first-order valence-electron chi connectivity index (χ1n) is 11.0. The summed E-state index contributed by atoms with van der Waals surface area (Å²) < 4.78 is 0. The Hall–Kier alpha value is -5.38. The molecule has 4 heterocycles. The van der Waals surface area contributed by atoms with E-state index >= 15 is 0 Å². The standard InChI is InChI=1S/C26H18N8O2/c27-17-19-13(5-1-9-29-19)15-7-3-11-31-21(15)23(17)33-25(35)26(36)34-24-18(28)20-14(6-2-10-30-20)16-8-4-12-32-22(16)24/h1-12H,27-28H2,(H,33,35)(H,34,36). The van der Waals surface area contributed by atoms with Crippen molar-refractivity contribution in [1.82, 2.24) is 19.9 Å². The Balaban J connectivity index is 1.41. The Morgan fingerprint density at radius 1 is 0.528 bits per heavy atom. The number of nitrogen functional groups attached to an aromatic ring is 2. The van der Waals surface area contributed by atoms with Gasteiger partial charge in [0.05, 0.1) is 44.8 Å². The molecule has 2 aromatic carbocycles. The number of nitrogens with one attached hydrogen (secondary N) is 2. The second-order valence-corrected chi connectivity index (χ2v) is 8.08. The van der Waals surface area contributed by atoms with Crippen molar-refractivity contribution in [3.05, 3.63) is 73.3 Å². The van der Waals surface area contributed by atoms with E-state index in [0.29, 0.717) is 22.1 Å². The number of amides is 2. The molecule has 0 spiro atoms. The predicted octanol–water partition coefficient (Wildman–Crippen LogP) is 3.62. The second kappa shape index (κ2) is 8.13. The maximum Gasteiger partial charge on any atom is 0.314 e. The molecule has 6 rings (SSSR count). The van der Waals surface area contributed by atoms with Crippen molar-refractivity contribution in [3.8, 4) is 0 Å². The molecule has 6 aromatic rings. The lowest BCUT2D eigenvalue weighted by molar-refractivity contribution is -0.132. The molecule has 0 aliphatic heterocycles. The first kappa shape index (κ1) is 21.2. The van der Waals surface area contributed by atoms with E-state index < -0.39 is 11.8 Å². The van der Waals surface area contributed by atoms with E-state index in [2.05, 4.69) is 30.6 Å². The Bertz CT molecular complexity index is 1730. The zero-order chi connectivity index (χ0) is 24.8. The lowest BCUT2D eigenvalue weighted by atomic mass is 10.0. The first-order chi connectivity index (χ1) is 17.5. The summed E-state index contributed by atoms with van der Waals surface area (Å²) in [6, 6.07) is 14.6. The Labute approximate surface area is 203 Å². The molecular weight excluding hydrogens is 456 g/mol. The van der Waals surface area contributed by atoms with E-state index in [9.17, 15) is 9.59 Å². The fraction of sp³-hybridized carbons (Fsp3) is 0. The average molecular weight is 474 g/mol. The zero-order valence-corrected chi connectivity index (χ0v) is 18.7. The minimum absolute atomic E-state index is 0.202. The van der Waals surface area contributed by atoms with Gasteiger partial charge in [-0.2, -0.15) is 0 Å². The molecular formula is C26H18N8O2. The number of rotatable bonds is 2. The number of hydrogen-bond acceptors (Lipinski definition) is 8. The van der Waals surface area contributed by atoms with Crippen LogP contribution in [0.5, 0.6) is 0 Å². The van der Waals surface area contributed by atoms with Gasteiger partial charge in [-0.3, -0.25) is 29.5 Å². The number of anilines is 4. The van der Waals surface area contributed by atoms with Gasteiger partial charge >= 0.3 is 11.8 Å². The van der Waals surface area contributed by atoms with Crippen LogP contribution in [0, 0.1) is 0 Å². The molecule has 6 N–H and O–H groups in total. The summed E-state index contributed by atoms with van der Waals surface area (Å²) >= 11 is 0. The van der Waals surface area contributed by atoms with Gasteiger partial charge in [-0.25, -0.2) is 0 Å². The molecule has 0 saturated carbocycles. The summed E-state index contributed by atoms with van der Waals surface area (Å²) in [7, 11) is 0.